The molecule has 2 aliphatic rings. The molecule has 2 unspecified atom stereocenters. The first kappa shape index (κ1) is 26.8. The smallest absolute Gasteiger partial charge is 0.312 e. The number of carbonyl (C=O) groups excluding carboxylic acids is 3. The van der Waals surface area contributed by atoms with Gasteiger partial charge in [0.1, 0.15) is 11.5 Å². The third-order valence-corrected chi connectivity index (χ3v) is 6.86. The number of hydrogen-bond donors (Lipinski definition) is 2. The average molecular weight is 508 g/mol. The molecule has 1 saturated carbocycles. The van der Waals surface area contributed by atoms with Gasteiger partial charge in [-0.25, -0.2) is 4.39 Å². The van der Waals surface area contributed by atoms with Gasteiger partial charge in [-0.1, -0.05) is 23.7 Å². The van der Waals surface area contributed by atoms with Gasteiger partial charge < -0.3 is 14.7 Å². The van der Waals surface area contributed by atoms with E-state index in [9.17, 15) is 23.9 Å². The Hall–Kier alpha value is -2.75. The molecule has 1 aromatic rings. The average Bonchev–Trinajstić information content (AvgIpc) is 3.26. The summed E-state index contributed by atoms with van der Waals surface area (Å²) in [5.74, 6) is -3.19. The van der Waals surface area contributed by atoms with E-state index in [2.05, 4.69) is 5.32 Å². The lowest BCUT2D eigenvalue weighted by Crippen LogP contribution is -2.69. The fourth-order valence-corrected chi connectivity index (χ4v) is 5.05. The molecule has 3 rings (SSSR count). The third kappa shape index (κ3) is 5.58. The summed E-state index contributed by atoms with van der Waals surface area (Å²) >= 11 is 5.86. The van der Waals surface area contributed by atoms with E-state index in [4.69, 9.17) is 16.3 Å². The molecule has 1 aliphatic carbocycles. The minimum atomic E-state index is -1.16. The molecule has 0 radical (unpaired) electrons. The minimum Gasteiger partial charge on any atom is -0.503 e. The van der Waals surface area contributed by atoms with E-state index >= 15 is 0 Å². The van der Waals surface area contributed by atoms with Gasteiger partial charge in [0.25, 0.3) is 5.91 Å². The van der Waals surface area contributed by atoms with Crippen molar-refractivity contribution in [1.29, 1.82) is 0 Å². The summed E-state index contributed by atoms with van der Waals surface area (Å²) in [6.07, 6.45) is 4.93. The maximum Gasteiger partial charge on any atom is 0.312 e. The lowest BCUT2D eigenvalue weighted by Gasteiger charge is -2.48. The van der Waals surface area contributed by atoms with Crippen molar-refractivity contribution in [2.75, 3.05) is 27.2 Å². The largest absolute Gasteiger partial charge is 0.503 e. The van der Waals surface area contributed by atoms with Crippen molar-refractivity contribution < 1.29 is 28.6 Å². The number of aliphatic hydroxyl groups is 1. The molecule has 1 aliphatic heterocycles. The molecule has 2 fully saturated rings. The number of allylic oxidation sites excluding steroid dienone is 1. The maximum atomic E-state index is 13.4. The summed E-state index contributed by atoms with van der Waals surface area (Å²) in [7, 11) is 3.17. The molecule has 8 nitrogen and oxygen atoms in total. The number of nitrogens with one attached hydrogen (secondary N) is 1. The number of Topliss-reactive ketones (excluding diaryl/α,β-unsaturated/α-hetero) is 1. The van der Waals surface area contributed by atoms with Crippen LogP contribution in [0.2, 0.25) is 5.02 Å². The van der Waals surface area contributed by atoms with Gasteiger partial charge in [-0.05, 0) is 63.4 Å². The van der Waals surface area contributed by atoms with Crippen LogP contribution in [-0.4, -0.2) is 65.5 Å². The molecule has 1 amide bonds. The van der Waals surface area contributed by atoms with Gasteiger partial charge in [-0.2, -0.15) is 0 Å². The molecule has 1 aromatic carbocycles. The Morgan fingerprint density at radius 1 is 1.43 bits per heavy atom. The third-order valence-electron chi connectivity index (χ3n) is 6.57. The van der Waals surface area contributed by atoms with Crippen molar-refractivity contribution in [2.24, 2.45) is 5.92 Å². The van der Waals surface area contributed by atoms with Crippen molar-refractivity contribution in [2.45, 2.75) is 44.8 Å². The van der Waals surface area contributed by atoms with Crippen LogP contribution >= 0.6 is 11.6 Å². The number of nitrogens with zero attached hydrogens (tertiary/aromatic N) is 2. The van der Waals surface area contributed by atoms with Crippen LogP contribution in [0.1, 0.15) is 38.2 Å². The molecule has 1 saturated heterocycles. The number of carbonyl (C=O) groups is 3. The first-order valence-corrected chi connectivity index (χ1v) is 11.9. The van der Waals surface area contributed by atoms with Crippen LogP contribution in [0, 0.1) is 11.7 Å². The normalized spacial score (nSPS) is 24.0. The molecule has 190 valence electrons. The van der Waals surface area contributed by atoms with Crippen LogP contribution < -0.4 is 5.32 Å². The van der Waals surface area contributed by atoms with Crippen molar-refractivity contribution in [3.8, 4) is 0 Å². The maximum absolute atomic E-state index is 13.4. The number of ether oxygens (including phenoxy) is 1. The lowest BCUT2D eigenvalue weighted by molar-refractivity contribution is -0.157. The molecular formula is C25H31ClFN3O5. The van der Waals surface area contributed by atoms with E-state index in [1.807, 2.05) is 11.9 Å². The number of rotatable bonds is 7. The number of amides is 1. The summed E-state index contributed by atoms with van der Waals surface area (Å²) in [4.78, 5) is 42.0. The van der Waals surface area contributed by atoms with Crippen LogP contribution in [0.5, 0.6) is 0 Å². The fraction of sp³-hybridized carbons (Fsp3) is 0.480. The van der Waals surface area contributed by atoms with Crippen LogP contribution in [-0.2, 0) is 25.7 Å². The van der Waals surface area contributed by atoms with Crippen molar-refractivity contribution in [1.82, 2.24) is 15.1 Å². The molecular weight excluding hydrogens is 477 g/mol. The molecule has 10 heteroatoms. The highest BCUT2D eigenvalue weighted by Crippen LogP contribution is 2.43. The van der Waals surface area contributed by atoms with E-state index in [1.165, 1.54) is 31.1 Å². The highest BCUT2D eigenvalue weighted by Gasteiger charge is 2.57. The fourth-order valence-electron chi connectivity index (χ4n) is 4.85. The zero-order valence-corrected chi connectivity index (χ0v) is 20.9. The molecule has 35 heavy (non-hydrogen) atoms. The predicted octanol–water partition coefficient (Wildman–Crippen LogP) is 3.32. The van der Waals surface area contributed by atoms with Crippen molar-refractivity contribution >= 4 is 29.3 Å². The summed E-state index contributed by atoms with van der Waals surface area (Å²) < 4.78 is 18.4. The van der Waals surface area contributed by atoms with Gasteiger partial charge in [0.05, 0.1) is 30.3 Å². The van der Waals surface area contributed by atoms with Crippen LogP contribution in [0.15, 0.2) is 41.8 Å². The molecule has 0 aromatic heterocycles. The van der Waals surface area contributed by atoms with Gasteiger partial charge >= 0.3 is 5.97 Å². The summed E-state index contributed by atoms with van der Waals surface area (Å²) in [5.41, 5.74) is -0.168. The number of hydrogen-bond acceptors (Lipinski definition) is 7. The zero-order chi connectivity index (χ0) is 25.8. The Labute approximate surface area is 209 Å². The Bertz CT molecular complexity index is 1060. The standard InChI is InChI=1S/C25H31ClFN3O5/c1-4-21(31)23(33)30-20(8-6-12-29(2)15-16-9-10-19(27)18(26)13-16)22(32)14-28-25(30)11-5-7-17(25)24(34)35-3/h4,8-10,13,17,28,31H,5-7,11-12,14-15H2,1-3H3/b20-8+,21-4-. The number of methoxy groups -OCH3 is 1. The first-order valence-electron chi connectivity index (χ1n) is 11.5. The topological polar surface area (TPSA) is 99.2 Å². The van der Waals surface area contributed by atoms with Crippen molar-refractivity contribution in [3.05, 3.63) is 58.2 Å². The Morgan fingerprint density at radius 3 is 2.83 bits per heavy atom. The Kier molecular flexibility index (Phi) is 8.69. The summed E-state index contributed by atoms with van der Waals surface area (Å²) in [6, 6.07) is 4.54. The second-order valence-corrected chi connectivity index (χ2v) is 9.25. The molecule has 1 heterocycles. The van der Waals surface area contributed by atoms with Crippen LogP contribution in [0.4, 0.5) is 4.39 Å². The molecule has 2 N–H and O–H groups in total. The van der Waals surface area contributed by atoms with E-state index in [0.29, 0.717) is 38.8 Å². The van der Waals surface area contributed by atoms with Gasteiger partial charge in [0.2, 0.25) is 0 Å². The first-order chi connectivity index (χ1) is 16.6. The Balaban J connectivity index is 1.85. The highest BCUT2D eigenvalue weighted by molar-refractivity contribution is 6.30. The SMILES string of the molecule is C/C=C(\O)C(=O)N1/C(=C/CCN(C)Cc2ccc(F)c(Cl)c2)C(=O)CNC12CCCC2C(=O)OC. The van der Waals surface area contributed by atoms with Crippen LogP contribution in [0.3, 0.4) is 0 Å². The van der Waals surface area contributed by atoms with Gasteiger partial charge in [-0.15, -0.1) is 0 Å². The second kappa shape index (κ2) is 11.3. The number of benzene rings is 1. The van der Waals surface area contributed by atoms with Gasteiger partial charge in [-0.3, -0.25) is 24.6 Å². The number of halogens is 2. The lowest BCUT2D eigenvalue weighted by atomic mass is 9.89. The van der Waals surface area contributed by atoms with E-state index in [1.54, 1.807) is 18.2 Å². The van der Waals surface area contributed by atoms with Crippen LogP contribution in [0.25, 0.3) is 0 Å². The van der Waals surface area contributed by atoms with Crippen molar-refractivity contribution in [3.63, 3.8) is 0 Å². The summed E-state index contributed by atoms with van der Waals surface area (Å²) in [6.45, 7) is 2.52. The van der Waals surface area contributed by atoms with E-state index in [-0.39, 0.29) is 23.0 Å². The monoisotopic (exact) mass is 507 g/mol. The second-order valence-electron chi connectivity index (χ2n) is 8.85. The zero-order valence-electron chi connectivity index (χ0n) is 20.1. The minimum absolute atomic E-state index is 0.0381. The molecule has 1 spiro atoms. The molecule has 0 bridgehead atoms. The molecule has 2 atom stereocenters. The predicted molar refractivity (Wildman–Crippen MR) is 129 cm³/mol. The number of esters is 1. The quantitative estimate of drug-likeness (QED) is 0.332. The summed E-state index contributed by atoms with van der Waals surface area (Å²) in [5, 5.41) is 13.4. The van der Waals surface area contributed by atoms with Gasteiger partial charge in [0.15, 0.2) is 11.5 Å². The van der Waals surface area contributed by atoms with E-state index in [0.717, 1.165) is 5.56 Å². The highest BCUT2D eigenvalue weighted by atomic mass is 35.5. The Morgan fingerprint density at radius 2 is 2.17 bits per heavy atom. The van der Waals surface area contributed by atoms with Gasteiger partial charge in [0, 0.05) is 13.1 Å². The number of ketones is 1. The number of aliphatic hydroxyl groups excluding tert-OH is 1. The van der Waals surface area contributed by atoms with E-state index < -0.39 is 35.0 Å².